The fraction of sp³-hybridized carbons (Fsp3) is 0.889. The Morgan fingerprint density at radius 3 is 3.00 bits per heavy atom. The van der Waals surface area contributed by atoms with Gasteiger partial charge in [0.1, 0.15) is 0 Å². The fourth-order valence-electron chi connectivity index (χ4n) is 2.44. The molecule has 2 heterocycles. The molecular formula is C9H16N2O2. The zero-order chi connectivity index (χ0) is 9.31. The average Bonchev–Trinajstić information content (AvgIpc) is 2.76. The Morgan fingerprint density at radius 1 is 1.54 bits per heavy atom. The van der Waals surface area contributed by atoms with Gasteiger partial charge in [-0.2, -0.15) is 0 Å². The van der Waals surface area contributed by atoms with Crippen molar-refractivity contribution in [3.8, 4) is 0 Å². The molecule has 0 bridgehead atoms. The van der Waals surface area contributed by atoms with Gasteiger partial charge in [-0.25, -0.2) is 0 Å². The molecule has 0 saturated carbocycles. The number of likely N-dealkylation sites (tertiary alicyclic amines) is 1. The Morgan fingerprint density at radius 2 is 2.38 bits per heavy atom. The van der Waals surface area contributed by atoms with Gasteiger partial charge in [0.25, 0.3) is 0 Å². The second kappa shape index (κ2) is 3.27. The topological polar surface area (TPSA) is 55.6 Å². The van der Waals surface area contributed by atoms with E-state index in [1.807, 2.05) is 4.90 Å². The van der Waals surface area contributed by atoms with E-state index >= 15 is 0 Å². The van der Waals surface area contributed by atoms with Gasteiger partial charge >= 0.3 is 0 Å². The summed E-state index contributed by atoms with van der Waals surface area (Å²) in [5.74, 6) is 0.0722. The SMILES string of the molecule is NCC(=O)N1CCCC12CCOC2. The molecule has 0 radical (unpaired) electrons. The first-order chi connectivity index (χ1) is 6.28. The smallest absolute Gasteiger partial charge is 0.236 e. The molecule has 0 aromatic rings. The lowest BCUT2D eigenvalue weighted by atomic mass is 9.95. The standard InChI is InChI=1S/C9H16N2O2/c10-6-8(12)11-4-1-2-9(11)3-5-13-7-9/h1-7,10H2. The summed E-state index contributed by atoms with van der Waals surface area (Å²) in [4.78, 5) is 13.5. The number of hydrogen-bond acceptors (Lipinski definition) is 3. The lowest BCUT2D eigenvalue weighted by molar-refractivity contribution is -0.133. The van der Waals surface area contributed by atoms with Crippen LogP contribution in [0.5, 0.6) is 0 Å². The van der Waals surface area contributed by atoms with Gasteiger partial charge in [0.05, 0.1) is 18.7 Å². The number of ether oxygens (including phenoxy) is 1. The van der Waals surface area contributed by atoms with Gasteiger partial charge in [-0.3, -0.25) is 4.79 Å². The normalized spacial score (nSPS) is 33.2. The third-order valence-corrected chi connectivity index (χ3v) is 3.15. The monoisotopic (exact) mass is 184 g/mol. The zero-order valence-corrected chi connectivity index (χ0v) is 7.79. The van der Waals surface area contributed by atoms with Gasteiger partial charge in [-0.1, -0.05) is 0 Å². The molecule has 0 aromatic heterocycles. The number of nitrogens with zero attached hydrogens (tertiary/aromatic N) is 1. The summed E-state index contributed by atoms with van der Waals surface area (Å²) in [6.45, 7) is 2.48. The predicted octanol–water partition coefficient (Wildman–Crippen LogP) is -0.273. The van der Waals surface area contributed by atoms with Crippen LogP contribution in [0.2, 0.25) is 0 Å². The van der Waals surface area contributed by atoms with Crippen molar-refractivity contribution in [2.45, 2.75) is 24.8 Å². The molecule has 2 aliphatic rings. The Balaban J connectivity index is 2.13. The minimum absolute atomic E-state index is 0.0104. The highest BCUT2D eigenvalue weighted by atomic mass is 16.5. The van der Waals surface area contributed by atoms with Gasteiger partial charge in [0, 0.05) is 13.2 Å². The Labute approximate surface area is 78.0 Å². The van der Waals surface area contributed by atoms with Crippen LogP contribution in [0.3, 0.4) is 0 Å². The van der Waals surface area contributed by atoms with Crippen LogP contribution in [-0.4, -0.2) is 42.6 Å². The molecule has 1 spiro atoms. The lowest BCUT2D eigenvalue weighted by Gasteiger charge is -2.33. The van der Waals surface area contributed by atoms with Crippen LogP contribution in [0.1, 0.15) is 19.3 Å². The molecule has 2 aliphatic heterocycles. The van der Waals surface area contributed by atoms with Crippen LogP contribution in [0.4, 0.5) is 0 Å². The molecule has 74 valence electrons. The molecule has 2 N–H and O–H groups in total. The highest BCUT2D eigenvalue weighted by Crippen LogP contribution is 2.36. The van der Waals surface area contributed by atoms with Crippen LogP contribution < -0.4 is 5.73 Å². The Kier molecular flexibility index (Phi) is 2.26. The molecule has 2 rings (SSSR count). The van der Waals surface area contributed by atoms with Crippen molar-refractivity contribution in [1.29, 1.82) is 0 Å². The fourth-order valence-corrected chi connectivity index (χ4v) is 2.44. The summed E-state index contributed by atoms with van der Waals surface area (Å²) in [5.41, 5.74) is 5.38. The summed E-state index contributed by atoms with van der Waals surface area (Å²) >= 11 is 0. The number of carbonyl (C=O) groups excluding carboxylic acids is 1. The molecule has 4 heteroatoms. The van der Waals surface area contributed by atoms with Crippen molar-refractivity contribution in [1.82, 2.24) is 4.90 Å². The minimum atomic E-state index is 0.0104. The number of amides is 1. The Bertz CT molecular complexity index is 206. The van der Waals surface area contributed by atoms with Crippen molar-refractivity contribution in [3.63, 3.8) is 0 Å². The number of nitrogens with two attached hydrogens (primary N) is 1. The maximum atomic E-state index is 11.5. The molecule has 13 heavy (non-hydrogen) atoms. The molecule has 2 fully saturated rings. The maximum absolute atomic E-state index is 11.5. The molecule has 1 unspecified atom stereocenters. The summed E-state index contributed by atoms with van der Waals surface area (Å²) < 4.78 is 5.37. The van der Waals surface area contributed by atoms with E-state index in [9.17, 15) is 4.79 Å². The minimum Gasteiger partial charge on any atom is -0.379 e. The van der Waals surface area contributed by atoms with Crippen LogP contribution in [0, 0.1) is 0 Å². The summed E-state index contributed by atoms with van der Waals surface area (Å²) in [6.07, 6.45) is 3.16. The molecule has 1 amide bonds. The third kappa shape index (κ3) is 1.34. The first-order valence-electron chi connectivity index (χ1n) is 4.87. The van der Waals surface area contributed by atoms with Crippen molar-refractivity contribution >= 4 is 5.91 Å². The van der Waals surface area contributed by atoms with E-state index in [4.69, 9.17) is 10.5 Å². The van der Waals surface area contributed by atoms with E-state index in [-0.39, 0.29) is 18.0 Å². The van der Waals surface area contributed by atoms with Gasteiger partial charge in [0.15, 0.2) is 0 Å². The van der Waals surface area contributed by atoms with Crippen LogP contribution >= 0.6 is 0 Å². The van der Waals surface area contributed by atoms with Crippen molar-refractivity contribution < 1.29 is 9.53 Å². The molecule has 0 aliphatic carbocycles. The quantitative estimate of drug-likeness (QED) is 0.610. The molecule has 1 atom stereocenters. The van der Waals surface area contributed by atoms with Crippen LogP contribution in [-0.2, 0) is 9.53 Å². The summed E-state index contributed by atoms with van der Waals surface area (Å²) in [7, 11) is 0. The van der Waals surface area contributed by atoms with E-state index in [2.05, 4.69) is 0 Å². The van der Waals surface area contributed by atoms with E-state index in [0.717, 1.165) is 32.4 Å². The molecule has 4 nitrogen and oxygen atoms in total. The molecule has 2 saturated heterocycles. The first kappa shape index (κ1) is 8.97. The van der Waals surface area contributed by atoms with Gasteiger partial charge in [-0.05, 0) is 19.3 Å². The van der Waals surface area contributed by atoms with Crippen LogP contribution in [0.25, 0.3) is 0 Å². The Hall–Kier alpha value is -0.610. The van der Waals surface area contributed by atoms with Gasteiger partial charge in [0.2, 0.25) is 5.91 Å². The van der Waals surface area contributed by atoms with E-state index in [1.165, 1.54) is 0 Å². The summed E-state index contributed by atoms with van der Waals surface area (Å²) in [5, 5.41) is 0. The second-order valence-electron chi connectivity index (χ2n) is 3.88. The van der Waals surface area contributed by atoms with E-state index in [0.29, 0.717) is 6.61 Å². The zero-order valence-electron chi connectivity index (χ0n) is 7.79. The average molecular weight is 184 g/mol. The molecule has 0 aromatic carbocycles. The highest BCUT2D eigenvalue weighted by Gasteiger charge is 2.45. The van der Waals surface area contributed by atoms with Crippen molar-refractivity contribution in [2.75, 3.05) is 26.3 Å². The first-order valence-corrected chi connectivity index (χ1v) is 4.87. The maximum Gasteiger partial charge on any atom is 0.236 e. The van der Waals surface area contributed by atoms with Gasteiger partial charge in [-0.15, -0.1) is 0 Å². The van der Waals surface area contributed by atoms with Gasteiger partial charge < -0.3 is 15.4 Å². The lowest BCUT2D eigenvalue weighted by Crippen LogP contribution is -2.49. The second-order valence-corrected chi connectivity index (χ2v) is 3.88. The van der Waals surface area contributed by atoms with E-state index < -0.39 is 0 Å². The van der Waals surface area contributed by atoms with Crippen molar-refractivity contribution in [2.24, 2.45) is 5.73 Å². The highest BCUT2D eigenvalue weighted by molar-refractivity contribution is 5.79. The van der Waals surface area contributed by atoms with Crippen LogP contribution in [0.15, 0.2) is 0 Å². The number of carbonyl (C=O) groups is 1. The summed E-state index contributed by atoms with van der Waals surface area (Å²) in [6, 6.07) is 0. The predicted molar refractivity (Wildman–Crippen MR) is 48.2 cm³/mol. The number of rotatable bonds is 1. The largest absolute Gasteiger partial charge is 0.379 e. The number of hydrogen-bond donors (Lipinski definition) is 1. The van der Waals surface area contributed by atoms with Crippen molar-refractivity contribution in [3.05, 3.63) is 0 Å². The molecular weight excluding hydrogens is 168 g/mol. The third-order valence-electron chi connectivity index (χ3n) is 3.15. The van der Waals surface area contributed by atoms with E-state index in [1.54, 1.807) is 0 Å².